The number of rotatable bonds is 2. The highest BCUT2D eigenvalue weighted by atomic mass is 32.1. The largest absolute Gasteiger partial charge is 0.422 e. The monoisotopic (exact) mass is 299 g/mol. The summed E-state index contributed by atoms with van der Waals surface area (Å²) in [5.41, 5.74) is 0.969. The molecule has 0 spiro atoms. The van der Waals surface area contributed by atoms with Crippen molar-refractivity contribution in [2.45, 2.75) is 13.8 Å². The van der Waals surface area contributed by atoms with Crippen molar-refractivity contribution in [1.29, 1.82) is 0 Å². The Hall–Kier alpha value is -2.40. The quantitative estimate of drug-likeness (QED) is 0.734. The number of aryl methyl sites for hydroxylation is 2. The van der Waals surface area contributed by atoms with E-state index in [0.717, 1.165) is 20.8 Å². The van der Waals surface area contributed by atoms with Crippen LogP contribution in [0.2, 0.25) is 0 Å². The Morgan fingerprint density at radius 3 is 2.67 bits per heavy atom. The Kier molecular flexibility index (Phi) is 3.35. The van der Waals surface area contributed by atoms with Gasteiger partial charge in [0.2, 0.25) is 0 Å². The van der Waals surface area contributed by atoms with Crippen LogP contribution in [0.25, 0.3) is 11.0 Å². The van der Waals surface area contributed by atoms with Gasteiger partial charge in [0.15, 0.2) is 0 Å². The molecule has 0 fully saturated rings. The molecule has 0 bridgehead atoms. The van der Waals surface area contributed by atoms with Crippen LogP contribution in [-0.4, -0.2) is 5.91 Å². The molecule has 3 rings (SSSR count). The number of fused-ring (bicyclic) bond motifs is 1. The maximum atomic E-state index is 12.2. The lowest BCUT2D eigenvalue weighted by atomic mass is 10.2. The summed E-state index contributed by atoms with van der Waals surface area (Å²) in [6, 6.07) is 10.6. The van der Waals surface area contributed by atoms with Crippen LogP contribution < -0.4 is 10.9 Å². The van der Waals surface area contributed by atoms with Crippen molar-refractivity contribution in [3.63, 3.8) is 0 Å². The Bertz CT molecular complexity index is 872. The van der Waals surface area contributed by atoms with Crippen LogP contribution in [-0.2, 0) is 0 Å². The number of nitrogens with one attached hydrogen (secondary N) is 1. The Morgan fingerprint density at radius 1 is 1.19 bits per heavy atom. The molecule has 0 aliphatic rings. The third-order valence-electron chi connectivity index (χ3n) is 3.29. The van der Waals surface area contributed by atoms with Gasteiger partial charge in [0.1, 0.15) is 11.1 Å². The number of carbonyl (C=O) groups excluding carboxylic acids is 1. The van der Waals surface area contributed by atoms with E-state index in [1.807, 2.05) is 26.0 Å². The molecule has 0 unspecified atom stereocenters. The zero-order valence-electron chi connectivity index (χ0n) is 11.6. The summed E-state index contributed by atoms with van der Waals surface area (Å²) in [4.78, 5) is 25.3. The number of carbonyl (C=O) groups is 1. The fourth-order valence-electron chi connectivity index (χ4n) is 2.03. The smallest absolute Gasteiger partial charge is 0.349 e. The van der Waals surface area contributed by atoms with Crippen LogP contribution in [0.3, 0.4) is 0 Å². The summed E-state index contributed by atoms with van der Waals surface area (Å²) in [5.74, 6) is -0.448. The van der Waals surface area contributed by atoms with Gasteiger partial charge in [0.05, 0.1) is 5.00 Å². The second-order valence-corrected chi connectivity index (χ2v) is 6.05. The number of para-hydroxylation sites is 1. The highest BCUT2D eigenvalue weighted by molar-refractivity contribution is 7.16. The van der Waals surface area contributed by atoms with E-state index in [-0.39, 0.29) is 5.56 Å². The average molecular weight is 299 g/mol. The number of hydrogen-bond acceptors (Lipinski definition) is 4. The topological polar surface area (TPSA) is 59.3 Å². The number of thiophene rings is 1. The van der Waals surface area contributed by atoms with Gasteiger partial charge >= 0.3 is 5.63 Å². The lowest BCUT2D eigenvalue weighted by Gasteiger charge is -2.02. The first-order valence-corrected chi connectivity index (χ1v) is 7.27. The lowest BCUT2D eigenvalue weighted by Crippen LogP contribution is -2.20. The van der Waals surface area contributed by atoms with E-state index < -0.39 is 11.5 Å². The maximum absolute atomic E-state index is 12.2. The third kappa shape index (κ3) is 2.60. The molecule has 0 aliphatic heterocycles. The van der Waals surface area contributed by atoms with Gasteiger partial charge in [-0.3, -0.25) is 4.79 Å². The molecule has 4 nitrogen and oxygen atoms in total. The van der Waals surface area contributed by atoms with Crippen LogP contribution in [0, 0.1) is 13.8 Å². The normalized spacial score (nSPS) is 10.8. The van der Waals surface area contributed by atoms with Crippen LogP contribution >= 0.6 is 11.3 Å². The summed E-state index contributed by atoms with van der Waals surface area (Å²) < 4.78 is 5.17. The Labute approximate surface area is 125 Å². The molecular weight excluding hydrogens is 286 g/mol. The summed E-state index contributed by atoms with van der Waals surface area (Å²) >= 11 is 1.48. The van der Waals surface area contributed by atoms with E-state index in [1.165, 1.54) is 11.3 Å². The first-order valence-electron chi connectivity index (χ1n) is 6.46. The molecule has 0 radical (unpaired) electrons. The number of amides is 1. The summed E-state index contributed by atoms with van der Waals surface area (Å²) in [5, 5.41) is 4.19. The molecule has 2 aromatic heterocycles. The molecule has 0 aliphatic carbocycles. The van der Waals surface area contributed by atoms with Crippen molar-refractivity contribution in [3.05, 3.63) is 62.8 Å². The van der Waals surface area contributed by atoms with E-state index >= 15 is 0 Å². The SMILES string of the molecule is Cc1cc(NC(=O)c2cc3ccccc3oc2=O)sc1C. The van der Waals surface area contributed by atoms with Crippen LogP contribution in [0.4, 0.5) is 5.00 Å². The van der Waals surface area contributed by atoms with Crippen LogP contribution in [0.5, 0.6) is 0 Å². The van der Waals surface area contributed by atoms with Gasteiger partial charge in [-0.2, -0.15) is 0 Å². The second kappa shape index (κ2) is 5.18. The van der Waals surface area contributed by atoms with Gasteiger partial charge < -0.3 is 9.73 Å². The molecule has 3 aromatic rings. The molecule has 0 saturated carbocycles. The van der Waals surface area contributed by atoms with Gasteiger partial charge in [-0.25, -0.2) is 4.79 Å². The van der Waals surface area contributed by atoms with Crippen LogP contribution in [0.15, 0.2) is 45.6 Å². The first kappa shape index (κ1) is 13.6. The van der Waals surface area contributed by atoms with Crippen molar-refractivity contribution in [2.24, 2.45) is 0 Å². The molecule has 5 heteroatoms. The minimum absolute atomic E-state index is 0.0115. The van der Waals surface area contributed by atoms with E-state index in [0.29, 0.717) is 5.58 Å². The van der Waals surface area contributed by atoms with E-state index in [9.17, 15) is 9.59 Å². The zero-order chi connectivity index (χ0) is 15.0. The van der Waals surface area contributed by atoms with Crippen molar-refractivity contribution in [2.75, 3.05) is 5.32 Å². The summed E-state index contributed by atoms with van der Waals surface area (Å²) in [6.07, 6.45) is 0. The summed E-state index contributed by atoms with van der Waals surface area (Å²) in [6.45, 7) is 3.96. The maximum Gasteiger partial charge on any atom is 0.349 e. The molecule has 1 amide bonds. The van der Waals surface area contributed by atoms with Crippen LogP contribution in [0.1, 0.15) is 20.8 Å². The minimum atomic E-state index is -0.629. The van der Waals surface area contributed by atoms with Crippen molar-refractivity contribution >= 4 is 33.2 Å². The van der Waals surface area contributed by atoms with Crippen molar-refractivity contribution < 1.29 is 9.21 Å². The van der Waals surface area contributed by atoms with Gasteiger partial charge in [-0.05, 0) is 37.6 Å². The molecule has 106 valence electrons. The molecule has 2 heterocycles. The van der Waals surface area contributed by atoms with Gasteiger partial charge in [-0.1, -0.05) is 18.2 Å². The minimum Gasteiger partial charge on any atom is -0.422 e. The first-order chi connectivity index (χ1) is 10.0. The third-order valence-corrected chi connectivity index (χ3v) is 4.36. The fourth-order valence-corrected chi connectivity index (χ4v) is 2.96. The second-order valence-electron chi connectivity index (χ2n) is 4.79. The van der Waals surface area contributed by atoms with Gasteiger partial charge in [0.25, 0.3) is 5.91 Å². The summed E-state index contributed by atoms with van der Waals surface area (Å²) in [7, 11) is 0. The number of anilines is 1. The number of hydrogen-bond donors (Lipinski definition) is 1. The van der Waals surface area contributed by atoms with Crippen molar-refractivity contribution in [1.82, 2.24) is 0 Å². The average Bonchev–Trinajstić information content (AvgIpc) is 2.76. The molecule has 1 N–H and O–H groups in total. The molecule has 1 aromatic carbocycles. The standard InChI is InChI=1S/C16H13NO3S/c1-9-7-14(21-10(9)2)17-15(18)12-8-11-5-3-4-6-13(11)20-16(12)19/h3-8H,1-2H3,(H,17,18). The highest BCUT2D eigenvalue weighted by Crippen LogP contribution is 2.25. The fraction of sp³-hybridized carbons (Fsp3) is 0.125. The Balaban J connectivity index is 1.97. The molecule has 0 atom stereocenters. The van der Waals surface area contributed by atoms with Gasteiger partial charge in [-0.15, -0.1) is 11.3 Å². The van der Waals surface area contributed by atoms with Gasteiger partial charge in [0, 0.05) is 10.3 Å². The van der Waals surface area contributed by atoms with Crippen molar-refractivity contribution in [3.8, 4) is 0 Å². The predicted molar refractivity (Wildman–Crippen MR) is 84.2 cm³/mol. The molecule has 21 heavy (non-hydrogen) atoms. The number of benzene rings is 1. The van der Waals surface area contributed by atoms with E-state index in [1.54, 1.807) is 24.3 Å². The van der Waals surface area contributed by atoms with E-state index in [4.69, 9.17) is 4.42 Å². The molecule has 0 saturated heterocycles. The highest BCUT2D eigenvalue weighted by Gasteiger charge is 2.15. The Morgan fingerprint density at radius 2 is 1.95 bits per heavy atom. The predicted octanol–water partition coefficient (Wildman–Crippen LogP) is 3.72. The molecular formula is C16H13NO3S. The lowest BCUT2D eigenvalue weighted by molar-refractivity contribution is 0.102. The van der Waals surface area contributed by atoms with E-state index in [2.05, 4.69) is 5.32 Å². The zero-order valence-corrected chi connectivity index (χ0v) is 12.4.